The first-order valence-electron chi connectivity index (χ1n) is 8.93. The highest BCUT2D eigenvalue weighted by atomic mass is 32.2. The number of fused-ring (bicyclic) bond motifs is 1. The first kappa shape index (κ1) is 18.4. The molecule has 1 amide bonds. The predicted molar refractivity (Wildman–Crippen MR) is 103 cm³/mol. The fourth-order valence-electron chi connectivity index (χ4n) is 2.72. The molecule has 2 heterocycles. The Morgan fingerprint density at radius 3 is 2.71 bits per heavy atom. The van der Waals surface area contributed by atoms with Crippen molar-refractivity contribution in [2.75, 3.05) is 18.9 Å². The molecule has 0 fully saturated rings. The predicted octanol–water partition coefficient (Wildman–Crippen LogP) is 3.03. The van der Waals surface area contributed by atoms with Crippen LogP contribution in [0.5, 0.6) is 11.5 Å². The molecule has 28 heavy (non-hydrogen) atoms. The fourth-order valence-corrected chi connectivity index (χ4v) is 3.32. The van der Waals surface area contributed by atoms with Gasteiger partial charge in [0.25, 0.3) is 11.1 Å². The van der Waals surface area contributed by atoms with E-state index in [1.807, 2.05) is 54.6 Å². The van der Waals surface area contributed by atoms with E-state index in [0.717, 1.165) is 6.42 Å². The Balaban J connectivity index is 1.23. The standard InChI is InChI=1S/C20H19N3O4S/c24-18(21-11-10-14-6-2-1-3-7-14)13-28-20-23-22-19(27-20)17-12-25-15-8-4-5-9-16(15)26-17/h1-9,17H,10-13H2,(H,21,24)/t17-/m1/s1. The molecule has 0 unspecified atom stereocenters. The smallest absolute Gasteiger partial charge is 0.277 e. The van der Waals surface area contributed by atoms with E-state index in [-0.39, 0.29) is 11.7 Å². The minimum absolute atomic E-state index is 0.0770. The van der Waals surface area contributed by atoms with Crippen LogP contribution in [0.2, 0.25) is 0 Å². The maximum atomic E-state index is 12.0. The molecule has 4 rings (SSSR count). The minimum atomic E-state index is -0.462. The number of thioether (sulfide) groups is 1. The number of carbonyl (C=O) groups excluding carboxylic acids is 1. The summed E-state index contributed by atoms with van der Waals surface area (Å²) in [6.07, 6.45) is 0.332. The molecule has 0 radical (unpaired) electrons. The second-order valence-corrected chi connectivity index (χ2v) is 7.07. The van der Waals surface area contributed by atoms with Crippen LogP contribution in [0.3, 0.4) is 0 Å². The van der Waals surface area contributed by atoms with Gasteiger partial charge in [-0.1, -0.05) is 54.2 Å². The molecular weight excluding hydrogens is 378 g/mol. The van der Waals surface area contributed by atoms with Gasteiger partial charge in [0, 0.05) is 6.54 Å². The van der Waals surface area contributed by atoms with Gasteiger partial charge in [-0.2, -0.15) is 0 Å². The van der Waals surface area contributed by atoms with Crippen molar-refractivity contribution in [1.82, 2.24) is 15.5 Å². The highest BCUT2D eigenvalue weighted by Gasteiger charge is 2.27. The molecule has 8 heteroatoms. The number of amides is 1. The van der Waals surface area contributed by atoms with Gasteiger partial charge in [0.2, 0.25) is 12.0 Å². The van der Waals surface area contributed by atoms with Gasteiger partial charge in [0.15, 0.2) is 11.5 Å². The molecule has 1 atom stereocenters. The summed E-state index contributed by atoms with van der Waals surface area (Å²) in [5, 5.41) is 11.2. The minimum Gasteiger partial charge on any atom is -0.485 e. The van der Waals surface area contributed by atoms with Crippen LogP contribution in [-0.4, -0.2) is 35.0 Å². The summed E-state index contributed by atoms with van der Waals surface area (Å²) >= 11 is 1.20. The van der Waals surface area contributed by atoms with Crippen molar-refractivity contribution in [3.05, 3.63) is 66.1 Å². The lowest BCUT2D eigenvalue weighted by molar-refractivity contribution is -0.118. The van der Waals surface area contributed by atoms with E-state index in [1.54, 1.807) is 0 Å². The van der Waals surface area contributed by atoms with Crippen LogP contribution >= 0.6 is 11.8 Å². The van der Waals surface area contributed by atoms with Gasteiger partial charge in [-0.25, -0.2) is 0 Å². The fraction of sp³-hybridized carbons (Fsp3) is 0.250. The number of nitrogens with one attached hydrogen (secondary N) is 1. The first-order chi connectivity index (χ1) is 13.8. The Morgan fingerprint density at radius 1 is 1.07 bits per heavy atom. The zero-order valence-corrected chi connectivity index (χ0v) is 15.9. The molecular formula is C20H19N3O4S. The largest absolute Gasteiger partial charge is 0.485 e. The van der Waals surface area contributed by atoms with E-state index in [2.05, 4.69) is 15.5 Å². The summed E-state index contributed by atoms with van der Waals surface area (Å²) in [4.78, 5) is 12.0. The zero-order valence-electron chi connectivity index (χ0n) is 15.0. The van der Waals surface area contributed by atoms with Crippen molar-refractivity contribution in [1.29, 1.82) is 0 Å². The topological polar surface area (TPSA) is 86.5 Å². The van der Waals surface area contributed by atoms with Crippen LogP contribution in [0.25, 0.3) is 0 Å². The second kappa shape index (κ2) is 8.79. The monoisotopic (exact) mass is 397 g/mol. The molecule has 0 bridgehead atoms. The summed E-state index contributed by atoms with van der Waals surface area (Å²) in [5.41, 5.74) is 1.19. The molecule has 1 aliphatic rings. The summed E-state index contributed by atoms with van der Waals surface area (Å²) in [6.45, 7) is 0.883. The van der Waals surface area contributed by atoms with Gasteiger partial charge in [-0.3, -0.25) is 4.79 Å². The third-order valence-corrected chi connectivity index (χ3v) is 4.93. The number of aromatic nitrogens is 2. The number of benzene rings is 2. The maximum Gasteiger partial charge on any atom is 0.277 e. The van der Waals surface area contributed by atoms with Crippen molar-refractivity contribution >= 4 is 17.7 Å². The number of rotatable bonds is 7. The van der Waals surface area contributed by atoms with Crippen LogP contribution < -0.4 is 14.8 Å². The molecule has 1 aliphatic heterocycles. The number of carbonyl (C=O) groups is 1. The van der Waals surface area contributed by atoms with Crippen molar-refractivity contribution in [3.8, 4) is 11.5 Å². The van der Waals surface area contributed by atoms with Crippen molar-refractivity contribution < 1.29 is 18.7 Å². The number of nitrogens with zero attached hydrogens (tertiary/aromatic N) is 2. The van der Waals surface area contributed by atoms with Gasteiger partial charge in [0.05, 0.1) is 5.75 Å². The summed E-state index contributed by atoms with van der Waals surface area (Å²) in [6, 6.07) is 17.4. The number of para-hydroxylation sites is 2. The van der Waals surface area contributed by atoms with Crippen molar-refractivity contribution in [2.24, 2.45) is 0 Å². The molecule has 1 aromatic heterocycles. The highest BCUT2D eigenvalue weighted by Crippen LogP contribution is 2.35. The van der Waals surface area contributed by atoms with Crippen LogP contribution in [0.4, 0.5) is 0 Å². The lowest BCUT2D eigenvalue weighted by Crippen LogP contribution is -2.27. The highest BCUT2D eigenvalue weighted by molar-refractivity contribution is 7.99. The molecule has 3 aromatic rings. The first-order valence-corrected chi connectivity index (χ1v) is 9.92. The van der Waals surface area contributed by atoms with Crippen LogP contribution in [0.1, 0.15) is 17.6 Å². The average Bonchev–Trinajstić information content (AvgIpc) is 3.22. The van der Waals surface area contributed by atoms with Crippen LogP contribution in [0.15, 0.2) is 64.2 Å². The molecule has 7 nitrogen and oxygen atoms in total. The molecule has 144 valence electrons. The maximum absolute atomic E-state index is 12.0. The van der Waals surface area contributed by atoms with E-state index >= 15 is 0 Å². The molecule has 0 saturated carbocycles. The average molecular weight is 397 g/mol. The van der Waals surface area contributed by atoms with Crippen molar-refractivity contribution in [2.45, 2.75) is 17.7 Å². The Hall–Kier alpha value is -3.00. The quantitative estimate of drug-likeness (QED) is 0.613. The van der Waals surface area contributed by atoms with E-state index in [0.29, 0.717) is 35.8 Å². The van der Waals surface area contributed by atoms with Crippen molar-refractivity contribution in [3.63, 3.8) is 0 Å². The SMILES string of the molecule is O=C(CSc1nnc([C@H]2COc3ccccc3O2)o1)NCCc1ccccc1. The van der Waals surface area contributed by atoms with Gasteiger partial charge < -0.3 is 19.2 Å². The third-order valence-electron chi connectivity index (χ3n) is 4.11. The number of hydrogen-bond acceptors (Lipinski definition) is 7. The van der Waals surface area contributed by atoms with Gasteiger partial charge in [-0.05, 0) is 24.1 Å². The Morgan fingerprint density at radius 2 is 1.86 bits per heavy atom. The molecule has 0 aliphatic carbocycles. The molecule has 1 N–H and O–H groups in total. The third kappa shape index (κ3) is 4.64. The summed E-state index contributed by atoms with van der Waals surface area (Å²) in [7, 11) is 0. The van der Waals surface area contributed by atoms with Gasteiger partial charge >= 0.3 is 0 Å². The second-order valence-electron chi connectivity index (χ2n) is 6.14. The molecule has 2 aromatic carbocycles. The lowest BCUT2D eigenvalue weighted by atomic mass is 10.1. The van der Waals surface area contributed by atoms with E-state index in [4.69, 9.17) is 13.9 Å². The van der Waals surface area contributed by atoms with Gasteiger partial charge in [-0.15, -0.1) is 10.2 Å². The van der Waals surface area contributed by atoms with E-state index in [1.165, 1.54) is 17.3 Å². The van der Waals surface area contributed by atoms with Crippen LogP contribution in [-0.2, 0) is 11.2 Å². The number of ether oxygens (including phenoxy) is 2. The normalized spacial score (nSPS) is 15.2. The molecule has 0 saturated heterocycles. The van der Waals surface area contributed by atoms with Gasteiger partial charge in [0.1, 0.15) is 6.61 Å². The lowest BCUT2D eigenvalue weighted by Gasteiger charge is -2.23. The van der Waals surface area contributed by atoms with E-state index in [9.17, 15) is 4.79 Å². The summed E-state index contributed by atoms with van der Waals surface area (Å²) < 4.78 is 17.1. The Bertz CT molecular complexity index is 932. The Kier molecular flexibility index (Phi) is 5.77. The Labute approximate surface area is 166 Å². The molecule has 0 spiro atoms. The zero-order chi connectivity index (χ0) is 19.2. The number of hydrogen-bond donors (Lipinski definition) is 1. The van der Waals surface area contributed by atoms with E-state index < -0.39 is 6.10 Å². The van der Waals surface area contributed by atoms with Crippen LogP contribution in [0, 0.1) is 0 Å². The summed E-state index contributed by atoms with van der Waals surface area (Å²) in [5.74, 6) is 1.80.